The smallest absolute Gasteiger partial charge is 0.173 e. The Morgan fingerprint density at radius 3 is 2.77 bits per heavy atom. The van der Waals surface area contributed by atoms with Crippen LogP contribution in [0.3, 0.4) is 0 Å². The van der Waals surface area contributed by atoms with Gasteiger partial charge in [-0.05, 0) is 60.6 Å². The number of nitrogens with one attached hydrogen (secondary N) is 2. The van der Waals surface area contributed by atoms with Crippen molar-refractivity contribution in [2.45, 2.75) is 40.0 Å². The summed E-state index contributed by atoms with van der Waals surface area (Å²) in [7, 11) is 0. The zero-order chi connectivity index (χ0) is 21.3. The lowest BCUT2D eigenvalue weighted by molar-refractivity contribution is 0.0995. The Labute approximate surface area is 177 Å². The lowest BCUT2D eigenvalue weighted by Gasteiger charge is -2.15. The molecule has 30 heavy (non-hydrogen) atoms. The highest BCUT2D eigenvalue weighted by Crippen LogP contribution is 2.35. The molecule has 1 aromatic heterocycles. The van der Waals surface area contributed by atoms with Crippen LogP contribution in [0.4, 0.5) is 22.9 Å². The summed E-state index contributed by atoms with van der Waals surface area (Å²) in [5.41, 5.74) is 6.13. The van der Waals surface area contributed by atoms with Crippen molar-refractivity contribution in [3.63, 3.8) is 0 Å². The topological polar surface area (TPSA) is 74.2 Å². The Hall–Kier alpha value is -3.34. The average Bonchev–Trinajstić information content (AvgIpc) is 2.85. The quantitative estimate of drug-likeness (QED) is 0.495. The summed E-state index contributed by atoms with van der Waals surface area (Å²) in [5, 5.41) is 16.5. The number of hydrogen-bond donors (Lipinski definition) is 3. The molecule has 1 aliphatic rings. The molecule has 0 spiro atoms. The number of Topliss-reactive ketones (excluding diaryl/α,β-unsaturated/α-hetero) is 1. The molecule has 0 bridgehead atoms. The maximum absolute atomic E-state index is 13.2. The van der Waals surface area contributed by atoms with Gasteiger partial charge in [0.2, 0.25) is 0 Å². The van der Waals surface area contributed by atoms with Gasteiger partial charge >= 0.3 is 0 Å². The highest BCUT2D eigenvalue weighted by Gasteiger charge is 2.24. The Bertz CT molecular complexity index is 1110. The normalized spacial score (nSPS) is 12.7. The van der Waals surface area contributed by atoms with E-state index in [0.29, 0.717) is 29.4 Å². The number of benzene rings is 2. The second-order valence-corrected chi connectivity index (χ2v) is 8.36. The van der Waals surface area contributed by atoms with Crippen LogP contribution in [0, 0.1) is 12.8 Å². The zero-order valence-corrected chi connectivity index (χ0v) is 17.6. The molecule has 0 saturated carbocycles. The van der Waals surface area contributed by atoms with Gasteiger partial charge in [-0.3, -0.25) is 4.79 Å². The first kappa shape index (κ1) is 20.0. The lowest BCUT2D eigenvalue weighted by Crippen LogP contribution is -2.08. The first-order chi connectivity index (χ1) is 14.4. The number of aryl methyl sites for hydroxylation is 2. The van der Waals surface area contributed by atoms with Crippen molar-refractivity contribution in [3.05, 3.63) is 70.9 Å². The molecule has 4 rings (SSSR count). The van der Waals surface area contributed by atoms with Gasteiger partial charge in [0, 0.05) is 30.1 Å². The number of carbonyl (C=O) groups is 1. The number of fused-ring (bicyclic) bond motifs is 2. The van der Waals surface area contributed by atoms with Crippen LogP contribution in [0.1, 0.15) is 47.3 Å². The molecule has 5 nitrogen and oxygen atoms in total. The Kier molecular flexibility index (Phi) is 5.44. The Morgan fingerprint density at radius 2 is 1.97 bits per heavy atom. The van der Waals surface area contributed by atoms with Crippen LogP contribution >= 0.6 is 0 Å². The number of carbonyl (C=O) groups excluding carboxylic acids is 1. The molecular weight excluding hydrogens is 374 g/mol. The van der Waals surface area contributed by atoms with Crippen LogP contribution < -0.4 is 10.6 Å². The van der Waals surface area contributed by atoms with E-state index in [2.05, 4.69) is 47.7 Å². The number of aromatic hydroxyl groups is 1. The van der Waals surface area contributed by atoms with Gasteiger partial charge < -0.3 is 15.7 Å². The van der Waals surface area contributed by atoms with Crippen molar-refractivity contribution in [1.29, 1.82) is 0 Å². The fraction of sp³-hybridized carbons (Fsp3) is 0.280. The molecule has 3 aromatic rings. The second-order valence-electron chi connectivity index (χ2n) is 8.36. The van der Waals surface area contributed by atoms with Gasteiger partial charge in [-0.25, -0.2) is 4.98 Å². The van der Waals surface area contributed by atoms with Gasteiger partial charge in [0.1, 0.15) is 11.6 Å². The predicted octanol–water partition coefficient (Wildman–Crippen LogP) is 5.91. The zero-order valence-electron chi connectivity index (χ0n) is 17.6. The van der Waals surface area contributed by atoms with Gasteiger partial charge in [0.25, 0.3) is 0 Å². The van der Waals surface area contributed by atoms with E-state index < -0.39 is 0 Å². The fourth-order valence-electron chi connectivity index (χ4n) is 3.75. The predicted molar refractivity (Wildman–Crippen MR) is 121 cm³/mol. The van der Waals surface area contributed by atoms with Crippen LogP contribution in [0.5, 0.6) is 5.75 Å². The maximum Gasteiger partial charge on any atom is 0.173 e. The van der Waals surface area contributed by atoms with Gasteiger partial charge in [-0.1, -0.05) is 32.0 Å². The first-order valence-electron chi connectivity index (χ1n) is 10.4. The highest BCUT2D eigenvalue weighted by atomic mass is 16.3. The summed E-state index contributed by atoms with van der Waals surface area (Å²) in [6, 6.07) is 13.3. The van der Waals surface area contributed by atoms with E-state index in [0.717, 1.165) is 35.3 Å². The van der Waals surface area contributed by atoms with Crippen molar-refractivity contribution in [2.75, 3.05) is 10.6 Å². The lowest BCUT2D eigenvalue weighted by atomic mass is 9.97. The van der Waals surface area contributed by atoms with E-state index in [9.17, 15) is 9.90 Å². The van der Waals surface area contributed by atoms with Gasteiger partial charge in [0.15, 0.2) is 5.78 Å². The summed E-state index contributed by atoms with van der Waals surface area (Å²) >= 11 is 0. The average molecular weight is 402 g/mol. The summed E-state index contributed by atoms with van der Waals surface area (Å²) in [5.74, 6) is 1.39. The van der Waals surface area contributed by atoms with Crippen LogP contribution in [-0.4, -0.2) is 15.9 Å². The monoisotopic (exact) mass is 401 g/mol. The third-order valence-electron chi connectivity index (χ3n) is 5.50. The van der Waals surface area contributed by atoms with Crippen LogP contribution in [0.25, 0.3) is 0 Å². The molecule has 2 heterocycles. The Morgan fingerprint density at radius 1 is 1.13 bits per heavy atom. The minimum atomic E-state index is 0.0191. The number of aromatic nitrogens is 1. The first-order valence-corrected chi connectivity index (χ1v) is 10.4. The largest absolute Gasteiger partial charge is 0.508 e. The van der Waals surface area contributed by atoms with Gasteiger partial charge in [-0.15, -0.1) is 0 Å². The van der Waals surface area contributed by atoms with Gasteiger partial charge in [-0.2, -0.15) is 0 Å². The van der Waals surface area contributed by atoms with Gasteiger partial charge in [0.05, 0.1) is 11.3 Å². The molecule has 0 radical (unpaired) electrons. The summed E-state index contributed by atoms with van der Waals surface area (Å²) in [4.78, 5) is 17.7. The minimum Gasteiger partial charge on any atom is -0.508 e. The molecule has 0 unspecified atom stereocenters. The van der Waals surface area contributed by atoms with Crippen LogP contribution in [0.15, 0.2) is 48.7 Å². The number of phenols is 1. The maximum atomic E-state index is 13.2. The molecule has 0 atom stereocenters. The molecule has 0 amide bonds. The van der Waals surface area contributed by atoms with E-state index in [1.807, 2.05) is 13.0 Å². The number of rotatable bonds is 5. The van der Waals surface area contributed by atoms with Crippen molar-refractivity contribution in [2.24, 2.45) is 5.92 Å². The molecule has 5 heteroatoms. The van der Waals surface area contributed by atoms with Crippen LogP contribution in [-0.2, 0) is 12.8 Å². The molecular formula is C25H27N3O2. The van der Waals surface area contributed by atoms with Crippen molar-refractivity contribution in [1.82, 2.24) is 4.98 Å². The number of pyridine rings is 1. The summed E-state index contributed by atoms with van der Waals surface area (Å²) < 4.78 is 0. The van der Waals surface area contributed by atoms with Crippen molar-refractivity contribution >= 4 is 28.7 Å². The molecule has 3 N–H and O–H groups in total. The number of nitrogens with zero attached hydrogens (tertiary/aromatic N) is 1. The van der Waals surface area contributed by atoms with Crippen molar-refractivity contribution in [3.8, 4) is 5.75 Å². The third-order valence-corrected chi connectivity index (χ3v) is 5.50. The van der Waals surface area contributed by atoms with Crippen LogP contribution in [0.2, 0.25) is 0 Å². The molecule has 0 aliphatic carbocycles. The number of ketones is 1. The highest BCUT2D eigenvalue weighted by molar-refractivity contribution is 6.09. The number of phenolic OH excluding ortho intramolecular Hbond substituents is 1. The van der Waals surface area contributed by atoms with E-state index in [4.69, 9.17) is 0 Å². The molecule has 0 saturated heterocycles. The molecule has 2 aromatic carbocycles. The SMILES string of the molecule is Cc1ccc(O)cc1Nc1ccnc2c1C(=O)Cc1cc(CCC(C)C)ccc1N2. The number of anilines is 4. The summed E-state index contributed by atoms with van der Waals surface area (Å²) in [6.45, 7) is 6.40. The minimum absolute atomic E-state index is 0.0191. The standard InChI is InChI=1S/C25H27N3O2/c1-15(2)4-6-17-7-9-20-18(12-17)13-23(30)24-21(10-11-26-25(24)28-20)27-22-14-19(29)8-5-16(22)3/h5,7-12,14-15,29H,4,6,13H2,1-3H3,(H2,26,27,28). The van der Waals surface area contributed by atoms with E-state index in [1.165, 1.54) is 5.56 Å². The molecule has 154 valence electrons. The third kappa shape index (κ3) is 4.15. The molecule has 1 aliphatic heterocycles. The van der Waals surface area contributed by atoms with E-state index in [1.54, 1.807) is 24.4 Å². The van der Waals surface area contributed by atoms with Crippen molar-refractivity contribution < 1.29 is 9.90 Å². The van der Waals surface area contributed by atoms with E-state index in [-0.39, 0.29) is 11.5 Å². The second kappa shape index (κ2) is 8.19. The fourth-order valence-corrected chi connectivity index (χ4v) is 3.75. The van der Waals surface area contributed by atoms with E-state index >= 15 is 0 Å². The summed E-state index contributed by atoms with van der Waals surface area (Å²) in [6.07, 6.45) is 4.14. The number of hydrogen-bond acceptors (Lipinski definition) is 5. The molecule has 0 fully saturated rings. The Balaban J connectivity index is 1.67.